The molecule has 0 bridgehead atoms. The molecule has 2 aromatic rings. The van der Waals surface area contributed by atoms with E-state index in [4.69, 9.17) is 10.2 Å². The Hall–Kier alpha value is -2.47. The van der Waals surface area contributed by atoms with Crippen molar-refractivity contribution in [2.75, 3.05) is 48.7 Å². The number of anilines is 3. The normalized spacial score (nSPS) is 15.6. The van der Waals surface area contributed by atoms with Crippen LogP contribution in [0.3, 0.4) is 0 Å². The number of hydrogen-bond donors (Lipinski definition) is 2. The van der Waals surface area contributed by atoms with Crippen LogP contribution in [0.25, 0.3) is 0 Å². The zero-order valence-corrected chi connectivity index (χ0v) is 13.3. The number of nitrogens with zero attached hydrogens (tertiary/aromatic N) is 2. The molecule has 0 unspecified atom stereocenters. The fourth-order valence-corrected chi connectivity index (χ4v) is 2.83. The second kappa shape index (κ2) is 6.75. The standard InChI is InChI=1S/C17H22N4O2/c1-2-20-7-9-21(10-8-20)15-6-5-13(12-14(15)18)19-17(22)16-4-3-11-23-16/h3-6,11-12H,2,7-10,18H2,1H3,(H,19,22). The Bertz CT molecular complexity index is 661. The van der Waals surface area contributed by atoms with Crippen molar-refractivity contribution in [2.24, 2.45) is 0 Å². The lowest BCUT2D eigenvalue weighted by molar-refractivity contribution is 0.0996. The Labute approximate surface area is 135 Å². The van der Waals surface area contributed by atoms with Gasteiger partial charge >= 0.3 is 0 Å². The number of nitrogen functional groups attached to an aromatic ring is 1. The number of hydrogen-bond acceptors (Lipinski definition) is 5. The Morgan fingerprint density at radius 2 is 2.04 bits per heavy atom. The molecule has 122 valence electrons. The molecule has 1 saturated heterocycles. The third kappa shape index (κ3) is 3.48. The topological polar surface area (TPSA) is 74.7 Å². The Kier molecular flexibility index (Phi) is 4.52. The average Bonchev–Trinajstić information content (AvgIpc) is 3.10. The van der Waals surface area contributed by atoms with E-state index in [1.165, 1.54) is 6.26 Å². The number of piperazine rings is 1. The number of carbonyl (C=O) groups excluding carboxylic acids is 1. The van der Waals surface area contributed by atoms with E-state index in [0.29, 0.717) is 11.4 Å². The molecule has 1 aliphatic heterocycles. The lowest BCUT2D eigenvalue weighted by atomic mass is 10.2. The molecule has 2 heterocycles. The van der Waals surface area contributed by atoms with Gasteiger partial charge in [-0.1, -0.05) is 6.92 Å². The molecular weight excluding hydrogens is 292 g/mol. The van der Waals surface area contributed by atoms with Gasteiger partial charge in [0.25, 0.3) is 5.91 Å². The molecule has 3 N–H and O–H groups in total. The number of likely N-dealkylation sites (N-methyl/N-ethyl adjacent to an activating group) is 1. The van der Waals surface area contributed by atoms with Crippen LogP contribution in [0.1, 0.15) is 17.5 Å². The van der Waals surface area contributed by atoms with Gasteiger partial charge < -0.3 is 25.3 Å². The van der Waals surface area contributed by atoms with Crippen molar-refractivity contribution in [1.82, 2.24) is 4.90 Å². The highest BCUT2D eigenvalue weighted by Crippen LogP contribution is 2.27. The number of benzene rings is 1. The molecule has 1 aliphatic rings. The number of rotatable bonds is 4. The average molecular weight is 314 g/mol. The van der Waals surface area contributed by atoms with Crippen molar-refractivity contribution in [3.63, 3.8) is 0 Å². The van der Waals surface area contributed by atoms with Crippen LogP contribution in [-0.2, 0) is 0 Å². The van der Waals surface area contributed by atoms with Crippen LogP contribution in [0.5, 0.6) is 0 Å². The zero-order valence-electron chi connectivity index (χ0n) is 13.3. The highest BCUT2D eigenvalue weighted by Gasteiger charge is 2.18. The van der Waals surface area contributed by atoms with Gasteiger partial charge in [-0.2, -0.15) is 0 Å². The summed E-state index contributed by atoms with van der Waals surface area (Å²) in [6, 6.07) is 8.94. The molecule has 23 heavy (non-hydrogen) atoms. The van der Waals surface area contributed by atoms with Crippen LogP contribution in [0, 0.1) is 0 Å². The Balaban J connectivity index is 1.67. The second-order valence-electron chi connectivity index (χ2n) is 5.63. The van der Waals surface area contributed by atoms with E-state index in [9.17, 15) is 4.79 Å². The van der Waals surface area contributed by atoms with Gasteiger partial charge in [0, 0.05) is 31.9 Å². The van der Waals surface area contributed by atoms with E-state index >= 15 is 0 Å². The predicted molar refractivity (Wildman–Crippen MR) is 91.8 cm³/mol. The monoisotopic (exact) mass is 314 g/mol. The Morgan fingerprint density at radius 1 is 1.26 bits per heavy atom. The van der Waals surface area contributed by atoms with E-state index in [1.807, 2.05) is 12.1 Å². The maximum atomic E-state index is 12.0. The summed E-state index contributed by atoms with van der Waals surface area (Å²) in [5.41, 5.74) is 8.55. The first-order chi connectivity index (χ1) is 11.2. The highest BCUT2D eigenvalue weighted by molar-refractivity contribution is 6.02. The maximum absolute atomic E-state index is 12.0. The molecular formula is C17H22N4O2. The Morgan fingerprint density at radius 3 is 2.65 bits per heavy atom. The van der Waals surface area contributed by atoms with Crippen LogP contribution < -0.4 is 16.0 Å². The van der Waals surface area contributed by atoms with Crippen molar-refractivity contribution in [1.29, 1.82) is 0 Å². The van der Waals surface area contributed by atoms with Crippen molar-refractivity contribution in [3.05, 3.63) is 42.4 Å². The van der Waals surface area contributed by atoms with Gasteiger partial charge in [0.1, 0.15) is 0 Å². The molecule has 0 spiro atoms. The fraction of sp³-hybridized carbons (Fsp3) is 0.353. The van der Waals surface area contributed by atoms with Gasteiger partial charge in [-0.25, -0.2) is 0 Å². The van der Waals surface area contributed by atoms with Gasteiger partial charge in [-0.15, -0.1) is 0 Å². The van der Waals surface area contributed by atoms with Gasteiger partial charge in [-0.3, -0.25) is 4.79 Å². The van der Waals surface area contributed by atoms with Crippen LogP contribution in [0.15, 0.2) is 41.0 Å². The second-order valence-corrected chi connectivity index (χ2v) is 5.63. The SMILES string of the molecule is CCN1CCN(c2ccc(NC(=O)c3ccco3)cc2N)CC1. The van der Waals surface area contributed by atoms with Crippen molar-refractivity contribution in [3.8, 4) is 0 Å². The molecule has 3 rings (SSSR count). The minimum Gasteiger partial charge on any atom is -0.459 e. The molecule has 1 aromatic carbocycles. The van der Waals surface area contributed by atoms with Crippen LogP contribution >= 0.6 is 0 Å². The largest absolute Gasteiger partial charge is 0.459 e. The summed E-state index contributed by atoms with van der Waals surface area (Å²) in [4.78, 5) is 16.7. The summed E-state index contributed by atoms with van der Waals surface area (Å²) in [7, 11) is 0. The number of furan rings is 1. The molecule has 1 aromatic heterocycles. The fourth-order valence-electron chi connectivity index (χ4n) is 2.83. The third-order valence-electron chi connectivity index (χ3n) is 4.19. The van der Waals surface area contributed by atoms with Crippen molar-refractivity contribution < 1.29 is 9.21 Å². The summed E-state index contributed by atoms with van der Waals surface area (Å²) >= 11 is 0. The number of amides is 1. The van der Waals surface area contributed by atoms with Crippen LogP contribution in [0.2, 0.25) is 0 Å². The van der Waals surface area contributed by atoms with Gasteiger partial charge in [0.15, 0.2) is 5.76 Å². The summed E-state index contributed by atoms with van der Waals surface area (Å²) in [6.45, 7) is 7.30. The molecule has 6 heteroatoms. The van der Waals surface area contributed by atoms with Crippen molar-refractivity contribution in [2.45, 2.75) is 6.92 Å². The minimum atomic E-state index is -0.279. The zero-order chi connectivity index (χ0) is 16.2. The highest BCUT2D eigenvalue weighted by atomic mass is 16.3. The predicted octanol–water partition coefficient (Wildman–Crippen LogP) is 2.26. The molecule has 1 fully saturated rings. The van der Waals surface area contributed by atoms with E-state index in [2.05, 4.69) is 22.0 Å². The smallest absolute Gasteiger partial charge is 0.291 e. The van der Waals surface area contributed by atoms with Crippen LogP contribution in [-0.4, -0.2) is 43.5 Å². The summed E-state index contributed by atoms with van der Waals surface area (Å²) in [5, 5.41) is 2.79. The molecule has 0 saturated carbocycles. The van der Waals surface area contributed by atoms with E-state index in [1.54, 1.807) is 18.2 Å². The first kappa shape index (κ1) is 15.4. The van der Waals surface area contributed by atoms with Gasteiger partial charge in [0.2, 0.25) is 0 Å². The number of carbonyl (C=O) groups is 1. The quantitative estimate of drug-likeness (QED) is 0.847. The lowest BCUT2D eigenvalue weighted by Crippen LogP contribution is -2.46. The maximum Gasteiger partial charge on any atom is 0.291 e. The third-order valence-corrected chi connectivity index (χ3v) is 4.19. The molecule has 0 radical (unpaired) electrons. The molecule has 1 amide bonds. The van der Waals surface area contributed by atoms with Gasteiger partial charge in [0.05, 0.1) is 17.6 Å². The lowest BCUT2D eigenvalue weighted by Gasteiger charge is -2.36. The van der Waals surface area contributed by atoms with Gasteiger partial charge in [-0.05, 0) is 36.9 Å². The van der Waals surface area contributed by atoms with E-state index in [-0.39, 0.29) is 11.7 Å². The summed E-state index contributed by atoms with van der Waals surface area (Å²) < 4.78 is 5.08. The first-order valence-electron chi connectivity index (χ1n) is 7.89. The summed E-state index contributed by atoms with van der Waals surface area (Å²) in [5.74, 6) is 0.00189. The van der Waals surface area contributed by atoms with Crippen molar-refractivity contribution >= 4 is 23.0 Å². The minimum absolute atomic E-state index is 0.279. The van der Waals surface area contributed by atoms with Crippen LogP contribution in [0.4, 0.5) is 17.1 Å². The molecule has 0 aliphatic carbocycles. The molecule has 6 nitrogen and oxygen atoms in total. The number of nitrogens with two attached hydrogens (primary N) is 1. The first-order valence-corrected chi connectivity index (χ1v) is 7.89. The van der Waals surface area contributed by atoms with E-state index < -0.39 is 0 Å². The molecule has 0 atom stereocenters. The number of nitrogens with one attached hydrogen (secondary N) is 1. The van der Waals surface area contributed by atoms with E-state index in [0.717, 1.165) is 38.4 Å². The summed E-state index contributed by atoms with van der Waals surface area (Å²) in [6.07, 6.45) is 1.47.